The molecule has 3 rings (SSSR count). The largest absolute Gasteiger partial charge is 0.375 e. The Bertz CT molecular complexity index is 656. The van der Waals surface area contributed by atoms with Crippen molar-refractivity contribution in [2.75, 3.05) is 33.4 Å². The summed E-state index contributed by atoms with van der Waals surface area (Å²) in [6.45, 7) is 3.65. The number of amides is 1. The molecule has 0 atom stereocenters. The van der Waals surface area contributed by atoms with E-state index >= 15 is 0 Å². The average Bonchev–Trinajstić information content (AvgIpc) is 2.71. The number of nitrogens with zero attached hydrogens (tertiary/aromatic N) is 1. The van der Waals surface area contributed by atoms with E-state index in [9.17, 15) is 9.18 Å². The van der Waals surface area contributed by atoms with E-state index in [1.807, 2.05) is 6.07 Å². The van der Waals surface area contributed by atoms with Gasteiger partial charge in [-0.3, -0.25) is 4.79 Å². The van der Waals surface area contributed by atoms with Crippen molar-refractivity contribution in [2.45, 2.75) is 57.4 Å². The third kappa shape index (κ3) is 7.34. The lowest BCUT2D eigenvalue weighted by Gasteiger charge is -2.34. The zero-order chi connectivity index (χ0) is 20.6. The summed E-state index contributed by atoms with van der Waals surface area (Å²) in [6.07, 6.45) is 9.21. The number of benzene rings is 1. The number of piperidine rings is 1. The Hall–Kier alpha value is -0.980. The SMILES string of the molecule is COCC(=O)NC1CCC(CCN2CCC(Cc3cc(F)ccc3Br)CC2)CC1. The van der Waals surface area contributed by atoms with E-state index < -0.39 is 0 Å². The molecule has 29 heavy (non-hydrogen) atoms. The van der Waals surface area contributed by atoms with Crippen molar-refractivity contribution >= 4 is 21.8 Å². The highest BCUT2D eigenvalue weighted by Crippen LogP contribution is 2.29. The van der Waals surface area contributed by atoms with Crippen molar-refractivity contribution in [1.82, 2.24) is 10.2 Å². The first-order chi connectivity index (χ1) is 14.0. The molecular weight excluding hydrogens is 435 g/mol. The molecule has 0 unspecified atom stereocenters. The van der Waals surface area contributed by atoms with Gasteiger partial charge in [-0.15, -0.1) is 0 Å². The fraction of sp³-hybridized carbons (Fsp3) is 0.696. The van der Waals surface area contributed by atoms with Gasteiger partial charge in [0.2, 0.25) is 5.91 Å². The Morgan fingerprint density at radius 2 is 1.90 bits per heavy atom. The van der Waals surface area contributed by atoms with E-state index in [1.165, 1.54) is 44.7 Å². The highest BCUT2D eigenvalue weighted by atomic mass is 79.9. The highest BCUT2D eigenvalue weighted by molar-refractivity contribution is 9.10. The third-order valence-electron chi connectivity index (χ3n) is 6.56. The quantitative estimate of drug-likeness (QED) is 0.607. The first-order valence-electron chi connectivity index (χ1n) is 11.0. The van der Waals surface area contributed by atoms with Crippen LogP contribution in [0.1, 0.15) is 50.5 Å². The van der Waals surface area contributed by atoms with Crippen LogP contribution in [-0.2, 0) is 16.0 Å². The first kappa shape index (κ1) is 22.7. The maximum Gasteiger partial charge on any atom is 0.246 e. The second-order valence-corrected chi connectivity index (χ2v) is 9.59. The lowest BCUT2D eigenvalue weighted by Crippen LogP contribution is -2.40. The zero-order valence-electron chi connectivity index (χ0n) is 17.5. The molecule has 1 saturated heterocycles. The Balaban J connectivity index is 1.31. The van der Waals surface area contributed by atoms with Crippen LogP contribution in [0.5, 0.6) is 0 Å². The number of methoxy groups -OCH3 is 1. The monoisotopic (exact) mass is 468 g/mol. The van der Waals surface area contributed by atoms with Crippen LogP contribution in [0.4, 0.5) is 4.39 Å². The molecule has 6 heteroatoms. The topological polar surface area (TPSA) is 41.6 Å². The summed E-state index contributed by atoms with van der Waals surface area (Å²) in [4.78, 5) is 14.2. The molecule has 2 aliphatic rings. The molecular formula is C23H34BrFN2O2. The Kier molecular flexibility index (Phi) is 8.94. The molecule has 2 fully saturated rings. The summed E-state index contributed by atoms with van der Waals surface area (Å²) in [7, 11) is 1.56. The molecule has 1 heterocycles. The van der Waals surface area contributed by atoms with Crippen LogP contribution in [0.15, 0.2) is 22.7 Å². The Labute approximate surface area is 182 Å². The molecule has 1 aromatic carbocycles. The summed E-state index contributed by atoms with van der Waals surface area (Å²) in [5.41, 5.74) is 1.10. The fourth-order valence-corrected chi connectivity index (χ4v) is 5.19. The number of likely N-dealkylation sites (tertiary alicyclic amines) is 1. The maximum absolute atomic E-state index is 13.5. The van der Waals surface area contributed by atoms with Crippen LogP contribution >= 0.6 is 15.9 Å². The standard InChI is InChI=1S/C23H34BrFN2O2/c1-29-16-23(28)26-21-5-2-17(3-6-21)8-11-27-12-9-18(10-13-27)14-19-15-20(25)4-7-22(19)24/h4,7,15,17-18,21H,2-3,5-6,8-14,16H2,1H3,(H,26,28). The van der Waals surface area contributed by atoms with Gasteiger partial charge in [-0.1, -0.05) is 15.9 Å². The molecule has 1 aromatic rings. The number of ether oxygens (including phenoxy) is 1. The van der Waals surface area contributed by atoms with Gasteiger partial charge in [-0.2, -0.15) is 0 Å². The van der Waals surface area contributed by atoms with Gasteiger partial charge < -0.3 is 15.0 Å². The Morgan fingerprint density at radius 3 is 2.59 bits per heavy atom. The number of hydrogen-bond acceptors (Lipinski definition) is 3. The third-order valence-corrected chi connectivity index (χ3v) is 7.34. The zero-order valence-corrected chi connectivity index (χ0v) is 19.1. The molecule has 0 radical (unpaired) electrons. The van der Waals surface area contributed by atoms with Gasteiger partial charge in [-0.05, 0) is 107 Å². The second kappa shape index (κ2) is 11.4. The molecule has 1 amide bonds. The molecule has 0 aromatic heterocycles. The summed E-state index contributed by atoms with van der Waals surface area (Å²) >= 11 is 3.56. The molecule has 1 saturated carbocycles. The van der Waals surface area contributed by atoms with Crippen molar-refractivity contribution in [3.8, 4) is 0 Å². The van der Waals surface area contributed by atoms with Crippen LogP contribution in [0.25, 0.3) is 0 Å². The number of nitrogens with one attached hydrogen (secondary N) is 1. The van der Waals surface area contributed by atoms with Gasteiger partial charge in [0.25, 0.3) is 0 Å². The number of rotatable bonds is 8. The van der Waals surface area contributed by atoms with E-state index in [0.29, 0.717) is 12.0 Å². The molecule has 0 bridgehead atoms. The summed E-state index contributed by atoms with van der Waals surface area (Å²) in [6, 6.07) is 5.32. The summed E-state index contributed by atoms with van der Waals surface area (Å²) in [5.74, 6) is 1.29. The molecule has 0 spiro atoms. The van der Waals surface area contributed by atoms with E-state index in [2.05, 4.69) is 26.1 Å². The lowest BCUT2D eigenvalue weighted by molar-refractivity contribution is -0.125. The van der Waals surface area contributed by atoms with Crippen molar-refractivity contribution < 1.29 is 13.9 Å². The van der Waals surface area contributed by atoms with Crippen LogP contribution in [0.3, 0.4) is 0 Å². The van der Waals surface area contributed by atoms with Crippen LogP contribution < -0.4 is 5.32 Å². The van der Waals surface area contributed by atoms with Crippen LogP contribution in [0.2, 0.25) is 0 Å². The molecule has 1 aliphatic carbocycles. The molecule has 1 aliphatic heterocycles. The number of hydrogen-bond donors (Lipinski definition) is 1. The van der Waals surface area contributed by atoms with Crippen molar-refractivity contribution in [2.24, 2.45) is 11.8 Å². The number of carbonyl (C=O) groups is 1. The van der Waals surface area contributed by atoms with Gasteiger partial charge in [0, 0.05) is 17.6 Å². The minimum absolute atomic E-state index is 0.00379. The lowest BCUT2D eigenvalue weighted by atomic mass is 9.83. The van der Waals surface area contributed by atoms with Crippen LogP contribution in [0, 0.1) is 17.7 Å². The minimum Gasteiger partial charge on any atom is -0.375 e. The minimum atomic E-state index is -0.145. The number of halogens is 2. The van der Waals surface area contributed by atoms with Gasteiger partial charge in [0.1, 0.15) is 12.4 Å². The second-order valence-electron chi connectivity index (χ2n) is 8.73. The summed E-state index contributed by atoms with van der Waals surface area (Å²) < 4.78 is 19.4. The van der Waals surface area contributed by atoms with Gasteiger partial charge in [0.15, 0.2) is 0 Å². The van der Waals surface area contributed by atoms with E-state index in [4.69, 9.17) is 4.74 Å². The number of carbonyl (C=O) groups excluding carboxylic acids is 1. The maximum atomic E-state index is 13.5. The summed E-state index contributed by atoms with van der Waals surface area (Å²) in [5, 5.41) is 3.08. The van der Waals surface area contributed by atoms with Crippen molar-refractivity contribution in [1.29, 1.82) is 0 Å². The van der Waals surface area contributed by atoms with E-state index in [-0.39, 0.29) is 18.3 Å². The fourth-order valence-electron chi connectivity index (χ4n) is 4.79. The molecule has 162 valence electrons. The van der Waals surface area contributed by atoms with Gasteiger partial charge >= 0.3 is 0 Å². The van der Waals surface area contributed by atoms with Crippen LogP contribution in [-0.4, -0.2) is 50.2 Å². The normalized spacial score (nSPS) is 23.8. The predicted octanol–water partition coefficient (Wildman–Crippen LogP) is 4.55. The van der Waals surface area contributed by atoms with Gasteiger partial charge in [0.05, 0.1) is 0 Å². The Morgan fingerprint density at radius 1 is 1.17 bits per heavy atom. The average molecular weight is 469 g/mol. The highest BCUT2D eigenvalue weighted by Gasteiger charge is 2.24. The van der Waals surface area contributed by atoms with Crippen molar-refractivity contribution in [3.63, 3.8) is 0 Å². The predicted molar refractivity (Wildman–Crippen MR) is 117 cm³/mol. The van der Waals surface area contributed by atoms with Crippen molar-refractivity contribution in [3.05, 3.63) is 34.1 Å². The van der Waals surface area contributed by atoms with E-state index in [1.54, 1.807) is 13.2 Å². The van der Waals surface area contributed by atoms with E-state index in [0.717, 1.165) is 48.3 Å². The first-order valence-corrected chi connectivity index (χ1v) is 11.8. The molecule has 4 nitrogen and oxygen atoms in total. The molecule has 1 N–H and O–H groups in total. The smallest absolute Gasteiger partial charge is 0.246 e. The van der Waals surface area contributed by atoms with Gasteiger partial charge in [-0.25, -0.2) is 4.39 Å².